The lowest BCUT2D eigenvalue weighted by atomic mass is 10.1. The van der Waals surface area contributed by atoms with E-state index in [0.717, 1.165) is 30.0 Å². The predicted octanol–water partition coefficient (Wildman–Crippen LogP) is 3.40. The zero-order chi connectivity index (χ0) is 20.1. The van der Waals surface area contributed by atoms with Crippen molar-refractivity contribution < 1.29 is 9.21 Å². The van der Waals surface area contributed by atoms with E-state index in [2.05, 4.69) is 9.88 Å². The molecule has 8 heteroatoms. The Morgan fingerprint density at radius 3 is 2.23 bits per heavy atom. The predicted molar refractivity (Wildman–Crippen MR) is 126 cm³/mol. The third kappa shape index (κ3) is 6.55. The van der Waals surface area contributed by atoms with Gasteiger partial charge in [-0.1, -0.05) is 60.7 Å². The number of carbonyl (C=O) groups excluding carboxylic acids is 1. The van der Waals surface area contributed by atoms with E-state index >= 15 is 0 Å². The standard InChI is InChI=1S/C23H26N4O2.2ClH/c24-20(15-18-7-3-1-4-8-18)23(28)27-13-11-26(12-14-27)17-22-25-16-21(29-22)19-9-5-2-6-10-19;;/h1-10,16,20H,11-15,17,24H2;2*1H. The monoisotopic (exact) mass is 462 g/mol. The van der Waals surface area contributed by atoms with Gasteiger partial charge in [0.2, 0.25) is 11.8 Å². The van der Waals surface area contributed by atoms with Crippen LogP contribution in [0.4, 0.5) is 0 Å². The molecule has 2 N–H and O–H groups in total. The number of piperazine rings is 1. The Morgan fingerprint density at radius 1 is 0.968 bits per heavy atom. The maximum Gasteiger partial charge on any atom is 0.239 e. The van der Waals surface area contributed by atoms with Crippen LogP contribution in [0, 0.1) is 0 Å². The van der Waals surface area contributed by atoms with Crippen LogP contribution in [-0.4, -0.2) is 52.9 Å². The summed E-state index contributed by atoms with van der Waals surface area (Å²) in [6.07, 6.45) is 2.34. The van der Waals surface area contributed by atoms with Gasteiger partial charge in [-0.25, -0.2) is 4.98 Å². The average Bonchev–Trinajstić information content (AvgIpc) is 3.23. The summed E-state index contributed by atoms with van der Waals surface area (Å²) in [5.41, 5.74) is 8.28. The Bertz CT molecular complexity index is 929. The fraction of sp³-hybridized carbons (Fsp3) is 0.304. The molecular formula is C23H28Cl2N4O2. The summed E-state index contributed by atoms with van der Waals surface area (Å²) < 4.78 is 5.90. The van der Waals surface area contributed by atoms with Crippen LogP contribution >= 0.6 is 24.8 Å². The molecule has 1 aliphatic rings. The van der Waals surface area contributed by atoms with Crippen LogP contribution in [0.5, 0.6) is 0 Å². The van der Waals surface area contributed by atoms with Gasteiger partial charge in [-0.3, -0.25) is 9.69 Å². The lowest BCUT2D eigenvalue weighted by molar-refractivity contribution is -0.134. The number of aromatic nitrogens is 1. The Balaban J connectivity index is 0.00000171. The van der Waals surface area contributed by atoms with Crippen LogP contribution in [0.3, 0.4) is 0 Å². The number of amides is 1. The molecule has 3 aromatic rings. The van der Waals surface area contributed by atoms with Gasteiger partial charge in [-0.05, 0) is 12.0 Å². The molecule has 6 nitrogen and oxygen atoms in total. The molecule has 0 saturated carbocycles. The first-order valence-electron chi connectivity index (χ1n) is 10.00. The molecule has 1 atom stereocenters. The molecule has 166 valence electrons. The minimum atomic E-state index is -0.496. The fourth-order valence-electron chi connectivity index (χ4n) is 3.63. The minimum Gasteiger partial charge on any atom is -0.439 e. The second-order valence-corrected chi connectivity index (χ2v) is 7.38. The molecular weight excluding hydrogens is 435 g/mol. The van der Waals surface area contributed by atoms with Crippen molar-refractivity contribution in [3.8, 4) is 11.3 Å². The molecule has 0 radical (unpaired) electrons. The highest BCUT2D eigenvalue weighted by Gasteiger charge is 2.26. The summed E-state index contributed by atoms with van der Waals surface area (Å²) in [5, 5.41) is 0. The highest BCUT2D eigenvalue weighted by Crippen LogP contribution is 2.20. The van der Waals surface area contributed by atoms with E-state index in [-0.39, 0.29) is 30.7 Å². The van der Waals surface area contributed by atoms with Crippen molar-refractivity contribution in [3.05, 3.63) is 78.3 Å². The molecule has 1 aromatic heterocycles. The van der Waals surface area contributed by atoms with Crippen LogP contribution in [-0.2, 0) is 17.8 Å². The van der Waals surface area contributed by atoms with Gasteiger partial charge in [0.1, 0.15) is 0 Å². The first-order valence-corrected chi connectivity index (χ1v) is 10.00. The zero-order valence-corrected chi connectivity index (χ0v) is 18.9. The molecule has 2 heterocycles. The van der Waals surface area contributed by atoms with E-state index in [9.17, 15) is 4.79 Å². The van der Waals surface area contributed by atoms with Crippen LogP contribution < -0.4 is 5.73 Å². The van der Waals surface area contributed by atoms with Crippen molar-refractivity contribution in [1.82, 2.24) is 14.8 Å². The van der Waals surface area contributed by atoms with E-state index in [0.29, 0.717) is 31.9 Å². The van der Waals surface area contributed by atoms with Gasteiger partial charge in [0.15, 0.2) is 5.76 Å². The maximum atomic E-state index is 12.7. The molecule has 0 bridgehead atoms. The van der Waals surface area contributed by atoms with Crippen LogP contribution in [0.1, 0.15) is 11.5 Å². The lowest BCUT2D eigenvalue weighted by Gasteiger charge is -2.35. The number of oxazole rings is 1. The summed E-state index contributed by atoms with van der Waals surface area (Å²) in [4.78, 5) is 21.2. The van der Waals surface area contributed by atoms with Crippen LogP contribution in [0.2, 0.25) is 0 Å². The van der Waals surface area contributed by atoms with Gasteiger partial charge in [0.05, 0.1) is 18.8 Å². The Hall–Kier alpha value is -2.38. The number of hydrogen-bond acceptors (Lipinski definition) is 5. The molecule has 2 aromatic carbocycles. The number of nitrogens with two attached hydrogens (primary N) is 1. The zero-order valence-electron chi connectivity index (χ0n) is 17.2. The minimum absolute atomic E-state index is 0. The number of benzene rings is 2. The van der Waals surface area contributed by atoms with E-state index in [4.69, 9.17) is 10.2 Å². The first-order chi connectivity index (χ1) is 14.2. The SMILES string of the molecule is Cl.Cl.NC(Cc1ccccc1)C(=O)N1CCN(Cc2ncc(-c3ccccc3)o2)CC1. The summed E-state index contributed by atoms with van der Waals surface area (Å²) in [7, 11) is 0. The summed E-state index contributed by atoms with van der Waals surface area (Å²) >= 11 is 0. The molecule has 0 aliphatic carbocycles. The van der Waals surface area contributed by atoms with Gasteiger partial charge in [0, 0.05) is 31.7 Å². The molecule has 1 saturated heterocycles. The van der Waals surface area contributed by atoms with E-state index in [1.54, 1.807) is 6.20 Å². The third-order valence-electron chi connectivity index (χ3n) is 5.27. The summed E-state index contributed by atoms with van der Waals surface area (Å²) in [5.74, 6) is 1.50. The van der Waals surface area contributed by atoms with Gasteiger partial charge in [-0.15, -0.1) is 24.8 Å². The number of halogens is 2. The molecule has 1 amide bonds. The van der Waals surface area contributed by atoms with Gasteiger partial charge in [-0.2, -0.15) is 0 Å². The van der Waals surface area contributed by atoms with Crippen molar-refractivity contribution in [2.45, 2.75) is 19.0 Å². The average molecular weight is 463 g/mol. The molecule has 0 spiro atoms. The van der Waals surface area contributed by atoms with E-state index < -0.39 is 6.04 Å². The number of hydrogen-bond donors (Lipinski definition) is 1. The highest BCUT2D eigenvalue weighted by atomic mass is 35.5. The largest absolute Gasteiger partial charge is 0.439 e. The Morgan fingerprint density at radius 2 is 1.58 bits per heavy atom. The molecule has 31 heavy (non-hydrogen) atoms. The Kier molecular flexibility index (Phi) is 9.52. The van der Waals surface area contributed by atoms with Crippen molar-refractivity contribution >= 4 is 30.7 Å². The third-order valence-corrected chi connectivity index (χ3v) is 5.27. The van der Waals surface area contributed by atoms with E-state index in [1.807, 2.05) is 65.6 Å². The number of nitrogens with zero attached hydrogens (tertiary/aromatic N) is 3. The Labute approximate surface area is 195 Å². The number of carbonyl (C=O) groups is 1. The normalized spacial score (nSPS) is 14.9. The maximum absolute atomic E-state index is 12.7. The van der Waals surface area contributed by atoms with Crippen molar-refractivity contribution in [3.63, 3.8) is 0 Å². The smallest absolute Gasteiger partial charge is 0.239 e. The highest BCUT2D eigenvalue weighted by molar-refractivity contribution is 5.85. The van der Waals surface area contributed by atoms with Crippen LogP contribution in [0.15, 0.2) is 71.3 Å². The van der Waals surface area contributed by atoms with Gasteiger partial charge in [0.25, 0.3) is 0 Å². The van der Waals surface area contributed by atoms with Gasteiger partial charge >= 0.3 is 0 Å². The first kappa shape index (κ1) is 24.9. The molecule has 1 unspecified atom stereocenters. The number of rotatable bonds is 6. The lowest BCUT2D eigenvalue weighted by Crippen LogP contribution is -2.53. The van der Waals surface area contributed by atoms with Gasteiger partial charge < -0.3 is 15.1 Å². The fourth-order valence-corrected chi connectivity index (χ4v) is 3.63. The molecule has 4 rings (SSSR count). The second kappa shape index (κ2) is 11.9. The topological polar surface area (TPSA) is 75.6 Å². The summed E-state index contributed by atoms with van der Waals surface area (Å²) in [6, 6.07) is 19.4. The van der Waals surface area contributed by atoms with Crippen LogP contribution in [0.25, 0.3) is 11.3 Å². The molecule has 1 fully saturated rings. The van der Waals surface area contributed by atoms with E-state index in [1.165, 1.54) is 0 Å². The van der Waals surface area contributed by atoms with Crippen molar-refractivity contribution in [1.29, 1.82) is 0 Å². The molecule has 1 aliphatic heterocycles. The second-order valence-electron chi connectivity index (χ2n) is 7.38. The van der Waals surface area contributed by atoms with Crippen molar-refractivity contribution in [2.75, 3.05) is 26.2 Å². The quantitative estimate of drug-likeness (QED) is 0.607. The summed E-state index contributed by atoms with van der Waals surface area (Å²) in [6.45, 7) is 3.56. The van der Waals surface area contributed by atoms with Crippen molar-refractivity contribution in [2.24, 2.45) is 5.73 Å².